The molecule has 3 N–H and O–H groups in total. The molecule has 1 unspecified atom stereocenters. The molecule has 156 valence electrons. The number of aliphatic imine (C=N–C) groups is 1. The van der Waals surface area contributed by atoms with Gasteiger partial charge in [0.05, 0.1) is 18.4 Å². The van der Waals surface area contributed by atoms with Gasteiger partial charge in [0.2, 0.25) is 0 Å². The van der Waals surface area contributed by atoms with E-state index in [0.717, 1.165) is 22.9 Å². The van der Waals surface area contributed by atoms with Crippen LogP contribution in [0.5, 0.6) is 0 Å². The Bertz CT molecular complexity index is 952. The number of nitrogens with zero attached hydrogens (tertiary/aromatic N) is 4. The van der Waals surface area contributed by atoms with Gasteiger partial charge in [0.25, 0.3) is 5.91 Å². The van der Waals surface area contributed by atoms with Crippen molar-refractivity contribution in [2.45, 2.75) is 44.8 Å². The molecule has 0 saturated carbocycles. The fraction of sp³-hybridized carbons (Fsp3) is 0.579. The number of carbonyl (C=O) groups is 1. The van der Waals surface area contributed by atoms with Gasteiger partial charge in [-0.1, -0.05) is 25.6 Å². The summed E-state index contributed by atoms with van der Waals surface area (Å²) in [5.41, 5.74) is 6.89. The molecule has 2 aromatic rings. The van der Waals surface area contributed by atoms with E-state index in [1.807, 2.05) is 25.3 Å². The summed E-state index contributed by atoms with van der Waals surface area (Å²) >= 11 is 3.08. The van der Waals surface area contributed by atoms with Crippen molar-refractivity contribution in [2.24, 2.45) is 23.7 Å². The van der Waals surface area contributed by atoms with Gasteiger partial charge in [-0.15, -0.1) is 11.3 Å². The van der Waals surface area contributed by atoms with Crippen LogP contribution in [0.4, 0.5) is 5.82 Å². The van der Waals surface area contributed by atoms with Gasteiger partial charge in [0, 0.05) is 24.1 Å². The average Bonchev–Trinajstić information content (AvgIpc) is 3.29. The lowest BCUT2D eigenvalue weighted by Crippen LogP contribution is -2.49. The molecule has 0 aliphatic carbocycles. The Hall–Kier alpha value is -1.91. The number of thiazole rings is 1. The number of anilines is 1. The van der Waals surface area contributed by atoms with E-state index in [9.17, 15) is 4.79 Å². The predicted octanol–water partition coefficient (Wildman–Crippen LogP) is 2.93. The van der Waals surface area contributed by atoms with Gasteiger partial charge in [0.1, 0.15) is 22.1 Å². The number of aryl methyl sites for hydroxylation is 1. The van der Waals surface area contributed by atoms with Crippen molar-refractivity contribution < 1.29 is 9.53 Å². The molecule has 0 radical (unpaired) electrons. The van der Waals surface area contributed by atoms with Crippen molar-refractivity contribution >= 4 is 40.0 Å². The maximum Gasteiger partial charge on any atom is 0.275 e. The van der Waals surface area contributed by atoms with Crippen LogP contribution in [0, 0.1) is 5.92 Å². The van der Waals surface area contributed by atoms with Crippen molar-refractivity contribution in [1.82, 2.24) is 14.8 Å². The molecule has 0 spiro atoms. The van der Waals surface area contributed by atoms with E-state index < -0.39 is 5.54 Å². The summed E-state index contributed by atoms with van der Waals surface area (Å²) in [6.07, 6.45) is 1.11. The number of rotatable bonds is 4. The number of hydrogen-bond acceptors (Lipinski definition) is 8. The second-order valence-electron chi connectivity index (χ2n) is 7.96. The summed E-state index contributed by atoms with van der Waals surface area (Å²) in [7, 11) is 1.77. The first-order valence-electron chi connectivity index (χ1n) is 9.69. The Balaban J connectivity index is 1.58. The number of thioether (sulfide) groups is 1. The van der Waals surface area contributed by atoms with Gasteiger partial charge >= 0.3 is 0 Å². The highest BCUT2D eigenvalue weighted by Crippen LogP contribution is 2.47. The van der Waals surface area contributed by atoms with E-state index in [1.165, 1.54) is 11.3 Å². The first-order valence-corrected chi connectivity index (χ1v) is 11.6. The highest BCUT2D eigenvalue weighted by Gasteiger charge is 2.49. The third-order valence-corrected chi connectivity index (χ3v) is 7.43. The Morgan fingerprint density at radius 2 is 2.28 bits per heavy atom. The SMILES string of the molecule is CC(C)c1cc(C(=O)Nc2csc(C34CO[C@@H](C)C[C@H]3CSC(N)=N4)n2)n(C)n1. The van der Waals surface area contributed by atoms with Crippen LogP contribution in [-0.2, 0) is 17.3 Å². The Morgan fingerprint density at radius 3 is 3.00 bits per heavy atom. The number of aromatic nitrogens is 3. The summed E-state index contributed by atoms with van der Waals surface area (Å²) in [5.74, 6) is 1.75. The van der Waals surface area contributed by atoms with Gasteiger partial charge in [-0.3, -0.25) is 9.48 Å². The number of nitrogens with two attached hydrogens (primary N) is 1. The van der Waals surface area contributed by atoms with Gasteiger partial charge in [0.15, 0.2) is 5.17 Å². The molecule has 2 aliphatic heterocycles. The molecule has 29 heavy (non-hydrogen) atoms. The molecule has 1 saturated heterocycles. The number of ether oxygens (including phenoxy) is 1. The van der Waals surface area contributed by atoms with Crippen molar-refractivity contribution in [1.29, 1.82) is 0 Å². The lowest BCUT2D eigenvalue weighted by Gasteiger charge is -2.44. The molecule has 3 atom stereocenters. The van der Waals surface area contributed by atoms with E-state index in [0.29, 0.717) is 29.2 Å². The van der Waals surface area contributed by atoms with Crippen molar-refractivity contribution in [2.75, 3.05) is 17.7 Å². The number of amides is 1. The minimum absolute atomic E-state index is 0.197. The molecule has 4 rings (SSSR count). The zero-order valence-corrected chi connectivity index (χ0v) is 18.6. The fourth-order valence-corrected chi connectivity index (χ4v) is 5.75. The van der Waals surface area contributed by atoms with Crippen LogP contribution < -0.4 is 11.1 Å². The van der Waals surface area contributed by atoms with Crippen molar-refractivity contribution in [3.8, 4) is 0 Å². The quantitative estimate of drug-likeness (QED) is 0.766. The smallest absolute Gasteiger partial charge is 0.275 e. The van der Waals surface area contributed by atoms with Crippen LogP contribution in [0.25, 0.3) is 0 Å². The minimum Gasteiger partial charge on any atom is -0.379 e. The third-order valence-electron chi connectivity index (χ3n) is 5.46. The maximum absolute atomic E-state index is 12.7. The first kappa shape index (κ1) is 20.4. The second kappa shape index (κ2) is 7.73. The minimum atomic E-state index is -0.563. The highest BCUT2D eigenvalue weighted by molar-refractivity contribution is 8.13. The summed E-state index contributed by atoms with van der Waals surface area (Å²) < 4.78 is 7.55. The van der Waals surface area contributed by atoms with Crippen LogP contribution in [0.2, 0.25) is 0 Å². The van der Waals surface area contributed by atoms with Gasteiger partial charge < -0.3 is 15.8 Å². The maximum atomic E-state index is 12.7. The van der Waals surface area contributed by atoms with Gasteiger partial charge in [-0.25, -0.2) is 9.98 Å². The molecule has 1 fully saturated rings. The molecule has 10 heteroatoms. The van der Waals surface area contributed by atoms with E-state index in [4.69, 9.17) is 20.4 Å². The molecular weight excluding hydrogens is 408 g/mol. The molecule has 0 aromatic carbocycles. The lowest BCUT2D eigenvalue weighted by molar-refractivity contribution is -0.0466. The standard InChI is InChI=1S/C19H26N6O2S2/c1-10(2)13-6-14(25(4)24-13)16(26)21-15-8-28-17(22-15)19-9-27-11(3)5-12(19)7-29-18(20)23-19/h6,8,10-12H,5,7,9H2,1-4H3,(H2,20,23)(H,21,26)/t11-,12-,19?/m0/s1. The Morgan fingerprint density at radius 1 is 1.48 bits per heavy atom. The van der Waals surface area contributed by atoms with E-state index in [-0.39, 0.29) is 17.9 Å². The monoisotopic (exact) mass is 434 g/mol. The third kappa shape index (κ3) is 3.80. The Labute approximate surface area is 178 Å². The largest absolute Gasteiger partial charge is 0.379 e. The van der Waals surface area contributed by atoms with E-state index in [1.54, 1.807) is 23.5 Å². The molecule has 4 heterocycles. The summed E-state index contributed by atoms with van der Waals surface area (Å²) in [4.78, 5) is 22.2. The average molecular weight is 435 g/mol. The lowest BCUT2D eigenvalue weighted by atomic mass is 9.80. The van der Waals surface area contributed by atoms with Crippen LogP contribution in [0.1, 0.15) is 54.3 Å². The number of nitrogens with one attached hydrogen (secondary N) is 1. The topological polar surface area (TPSA) is 107 Å². The van der Waals surface area contributed by atoms with Crippen molar-refractivity contribution in [3.63, 3.8) is 0 Å². The summed E-state index contributed by atoms with van der Waals surface area (Å²) in [5, 5.41) is 10.6. The zero-order chi connectivity index (χ0) is 20.8. The second-order valence-corrected chi connectivity index (χ2v) is 9.86. The van der Waals surface area contributed by atoms with Gasteiger partial charge in [-0.05, 0) is 25.3 Å². The zero-order valence-electron chi connectivity index (χ0n) is 17.0. The van der Waals surface area contributed by atoms with E-state index >= 15 is 0 Å². The number of fused-ring (bicyclic) bond motifs is 1. The molecule has 2 aliphatic rings. The summed E-state index contributed by atoms with van der Waals surface area (Å²) in [6.45, 7) is 6.64. The number of carbonyl (C=O) groups excluding carboxylic acids is 1. The van der Waals surface area contributed by atoms with Crippen LogP contribution in [0.15, 0.2) is 16.4 Å². The summed E-state index contributed by atoms with van der Waals surface area (Å²) in [6, 6.07) is 1.82. The normalized spacial score (nSPS) is 26.9. The molecule has 2 aromatic heterocycles. The molecule has 8 nitrogen and oxygen atoms in total. The number of amidine groups is 1. The molecule has 1 amide bonds. The highest BCUT2D eigenvalue weighted by atomic mass is 32.2. The first-order chi connectivity index (χ1) is 13.8. The van der Waals surface area contributed by atoms with E-state index in [2.05, 4.69) is 17.3 Å². The van der Waals surface area contributed by atoms with Crippen LogP contribution in [-0.4, -0.2) is 44.3 Å². The van der Waals surface area contributed by atoms with Crippen LogP contribution in [0.3, 0.4) is 0 Å². The molecular formula is C19H26N6O2S2. The Kier molecular flexibility index (Phi) is 5.43. The predicted molar refractivity (Wildman–Crippen MR) is 117 cm³/mol. The number of hydrogen-bond donors (Lipinski definition) is 2. The van der Waals surface area contributed by atoms with Crippen molar-refractivity contribution in [3.05, 3.63) is 27.8 Å². The molecule has 0 bridgehead atoms. The van der Waals surface area contributed by atoms with Gasteiger partial charge in [-0.2, -0.15) is 5.10 Å². The fourth-order valence-electron chi connectivity index (χ4n) is 3.77. The van der Waals surface area contributed by atoms with Crippen LogP contribution >= 0.6 is 23.1 Å².